The van der Waals surface area contributed by atoms with Crippen LogP contribution in [-0.4, -0.2) is 20.6 Å². The maximum atomic E-state index is 9.10. The number of H-pyrrole nitrogens is 1. The molecule has 0 aliphatic rings. The van der Waals surface area contributed by atoms with E-state index in [0.29, 0.717) is 5.02 Å². The smallest absolute Gasteiger partial charge is 0.216 e. The molecule has 0 atom stereocenters. The number of tetrazole rings is 1. The van der Waals surface area contributed by atoms with Crippen LogP contribution >= 0.6 is 11.6 Å². The third-order valence-electron chi connectivity index (χ3n) is 3.13. The first-order valence-corrected chi connectivity index (χ1v) is 7.11. The van der Waals surface area contributed by atoms with E-state index in [1.807, 2.05) is 54.6 Å². The number of hydrogen-bond acceptors (Lipinski definition) is 5. The summed E-state index contributed by atoms with van der Waals surface area (Å²) in [6, 6.07) is 17.5. The molecule has 1 heterocycles. The van der Waals surface area contributed by atoms with Gasteiger partial charge in [0.15, 0.2) is 0 Å². The fraction of sp³-hybridized carbons (Fsp3) is 0. The maximum absolute atomic E-state index is 9.10. The molecule has 6 nitrogen and oxygen atoms in total. The van der Waals surface area contributed by atoms with Crippen LogP contribution < -0.4 is 5.32 Å². The van der Waals surface area contributed by atoms with Crippen molar-refractivity contribution in [3.8, 4) is 17.2 Å². The first kappa shape index (κ1) is 14.8. The minimum absolute atomic E-state index is 0.246. The van der Waals surface area contributed by atoms with Gasteiger partial charge in [-0.25, -0.2) is 0 Å². The number of rotatable bonds is 4. The van der Waals surface area contributed by atoms with Gasteiger partial charge in [-0.05, 0) is 40.6 Å². The van der Waals surface area contributed by atoms with Gasteiger partial charge in [-0.15, -0.1) is 10.2 Å². The highest BCUT2D eigenvalue weighted by molar-refractivity contribution is 6.30. The number of benzene rings is 2. The third-order valence-corrected chi connectivity index (χ3v) is 3.37. The second kappa shape index (κ2) is 6.73. The van der Waals surface area contributed by atoms with Gasteiger partial charge in [0.25, 0.3) is 0 Å². The lowest BCUT2D eigenvalue weighted by molar-refractivity contribution is 0.881. The van der Waals surface area contributed by atoms with Crippen LogP contribution in [0.1, 0.15) is 5.82 Å². The molecule has 0 fully saturated rings. The fourth-order valence-electron chi connectivity index (χ4n) is 2.01. The van der Waals surface area contributed by atoms with Gasteiger partial charge in [-0.1, -0.05) is 35.9 Å². The zero-order valence-corrected chi connectivity index (χ0v) is 12.6. The van der Waals surface area contributed by atoms with Gasteiger partial charge in [0, 0.05) is 16.9 Å². The quantitative estimate of drug-likeness (QED) is 0.717. The van der Waals surface area contributed by atoms with E-state index in [1.165, 1.54) is 0 Å². The Morgan fingerprint density at radius 3 is 2.65 bits per heavy atom. The van der Waals surface area contributed by atoms with Crippen LogP contribution in [0.2, 0.25) is 5.02 Å². The van der Waals surface area contributed by atoms with Gasteiger partial charge in [-0.3, -0.25) is 0 Å². The fourth-order valence-corrected chi connectivity index (χ4v) is 2.20. The van der Waals surface area contributed by atoms with Gasteiger partial charge in [0.1, 0.15) is 11.6 Å². The number of allylic oxidation sites excluding steroid dienone is 1. The number of nitrogens with one attached hydrogen (secondary N) is 2. The molecule has 3 aromatic rings. The monoisotopic (exact) mass is 322 g/mol. The Morgan fingerprint density at radius 1 is 1.17 bits per heavy atom. The highest BCUT2D eigenvalue weighted by atomic mass is 35.5. The Balaban J connectivity index is 1.77. The van der Waals surface area contributed by atoms with Crippen molar-refractivity contribution in [1.82, 2.24) is 20.6 Å². The lowest BCUT2D eigenvalue weighted by Gasteiger charge is -2.05. The Bertz CT molecular complexity index is 862. The van der Waals surface area contributed by atoms with Crippen LogP contribution in [0.15, 0.2) is 54.7 Å². The van der Waals surface area contributed by atoms with E-state index >= 15 is 0 Å². The van der Waals surface area contributed by atoms with Crippen molar-refractivity contribution in [3.63, 3.8) is 0 Å². The van der Waals surface area contributed by atoms with E-state index in [4.69, 9.17) is 16.9 Å². The van der Waals surface area contributed by atoms with Gasteiger partial charge in [-0.2, -0.15) is 10.5 Å². The third kappa shape index (κ3) is 3.54. The number of hydrogen-bond donors (Lipinski definition) is 2. The lowest BCUT2D eigenvalue weighted by atomic mass is 10.1. The van der Waals surface area contributed by atoms with Crippen LogP contribution in [0, 0.1) is 11.3 Å². The van der Waals surface area contributed by atoms with Gasteiger partial charge in [0.05, 0.1) is 0 Å². The van der Waals surface area contributed by atoms with Crippen molar-refractivity contribution in [3.05, 3.63) is 65.6 Å². The number of aromatic nitrogens is 4. The molecule has 7 heteroatoms. The van der Waals surface area contributed by atoms with Gasteiger partial charge < -0.3 is 5.32 Å². The number of aromatic amines is 1. The topological polar surface area (TPSA) is 90.3 Å². The molecule has 1 aromatic heterocycles. The highest BCUT2D eigenvalue weighted by Crippen LogP contribution is 2.24. The predicted octanol–water partition coefficient (Wildman–Crippen LogP) is 3.50. The average molecular weight is 323 g/mol. The minimum atomic E-state index is 0.246. The van der Waals surface area contributed by atoms with Crippen LogP contribution in [-0.2, 0) is 0 Å². The molecule has 3 rings (SSSR count). The van der Waals surface area contributed by atoms with Gasteiger partial charge in [0.2, 0.25) is 5.82 Å². The van der Waals surface area contributed by atoms with E-state index < -0.39 is 0 Å². The second-order valence-corrected chi connectivity index (χ2v) is 5.07. The van der Waals surface area contributed by atoms with Crippen molar-refractivity contribution < 1.29 is 0 Å². The number of halogens is 1. The standard InChI is InChI=1S/C16H11ClN6/c17-14-3-1-2-12(8-14)11-4-6-15(7-5-11)19-10-13(9-18)16-20-22-23-21-16/h1-8,10,19H,(H,20,21,22,23). The summed E-state index contributed by atoms with van der Waals surface area (Å²) in [7, 11) is 0. The summed E-state index contributed by atoms with van der Waals surface area (Å²) in [5.41, 5.74) is 3.23. The SMILES string of the molecule is N#CC(=CNc1ccc(-c2cccc(Cl)c2)cc1)c1nn[nH]n1. The molecule has 0 saturated heterocycles. The molecule has 0 radical (unpaired) electrons. The molecule has 0 amide bonds. The molecule has 23 heavy (non-hydrogen) atoms. The normalized spacial score (nSPS) is 11.0. The van der Waals surface area contributed by atoms with Crippen LogP contribution in [0.5, 0.6) is 0 Å². The van der Waals surface area contributed by atoms with Crippen LogP contribution in [0.4, 0.5) is 5.69 Å². The van der Waals surface area contributed by atoms with E-state index in [1.54, 1.807) is 6.20 Å². The molecule has 0 aliphatic carbocycles. The molecule has 0 bridgehead atoms. The first-order valence-electron chi connectivity index (χ1n) is 6.73. The van der Waals surface area contributed by atoms with Crippen molar-refractivity contribution in [1.29, 1.82) is 5.26 Å². The molecule has 0 saturated carbocycles. The Labute approximate surface area is 137 Å². The largest absolute Gasteiger partial charge is 0.360 e. The molecule has 0 spiro atoms. The number of nitrogens with zero attached hydrogens (tertiary/aromatic N) is 4. The van der Waals surface area contributed by atoms with E-state index in [-0.39, 0.29) is 11.4 Å². The maximum Gasteiger partial charge on any atom is 0.216 e. The Hall–Kier alpha value is -3.17. The number of nitriles is 1. The predicted molar refractivity (Wildman–Crippen MR) is 88.3 cm³/mol. The molecular weight excluding hydrogens is 312 g/mol. The Kier molecular flexibility index (Phi) is 4.32. The van der Waals surface area contributed by atoms with Crippen molar-refractivity contribution in [2.45, 2.75) is 0 Å². The molecule has 2 aromatic carbocycles. The molecular formula is C16H11ClN6. The molecule has 0 aliphatic heterocycles. The van der Waals surface area contributed by atoms with Crippen molar-refractivity contribution in [2.24, 2.45) is 0 Å². The first-order chi connectivity index (χ1) is 11.3. The summed E-state index contributed by atoms with van der Waals surface area (Å²) in [5.74, 6) is 0.246. The van der Waals surface area contributed by atoms with E-state index in [2.05, 4.69) is 25.9 Å². The second-order valence-electron chi connectivity index (χ2n) is 4.64. The van der Waals surface area contributed by atoms with Crippen LogP contribution in [0.25, 0.3) is 16.7 Å². The summed E-state index contributed by atoms with van der Waals surface area (Å²) in [6.07, 6.45) is 1.54. The average Bonchev–Trinajstić information content (AvgIpc) is 3.10. The molecule has 2 N–H and O–H groups in total. The zero-order chi connectivity index (χ0) is 16.1. The minimum Gasteiger partial charge on any atom is -0.360 e. The van der Waals surface area contributed by atoms with Crippen molar-refractivity contribution >= 4 is 22.9 Å². The summed E-state index contributed by atoms with van der Waals surface area (Å²) >= 11 is 6.01. The summed E-state index contributed by atoms with van der Waals surface area (Å²) in [6.45, 7) is 0. The number of anilines is 1. The van der Waals surface area contributed by atoms with E-state index in [0.717, 1.165) is 16.8 Å². The highest BCUT2D eigenvalue weighted by Gasteiger charge is 2.05. The molecule has 0 unspecified atom stereocenters. The lowest BCUT2D eigenvalue weighted by Crippen LogP contribution is -1.93. The summed E-state index contributed by atoms with van der Waals surface area (Å²) < 4.78 is 0. The van der Waals surface area contributed by atoms with Crippen LogP contribution in [0.3, 0.4) is 0 Å². The zero-order valence-electron chi connectivity index (χ0n) is 11.9. The summed E-state index contributed by atoms with van der Waals surface area (Å²) in [5, 5.41) is 26.1. The van der Waals surface area contributed by atoms with Gasteiger partial charge >= 0.3 is 0 Å². The van der Waals surface area contributed by atoms with Crippen molar-refractivity contribution in [2.75, 3.05) is 5.32 Å². The summed E-state index contributed by atoms with van der Waals surface area (Å²) in [4.78, 5) is 0. The Morgan fingerprint density at radius 2 is 2.00 bits per heavy atom. The molecule has 112 valence electrons. The van der Waals surface area contributed by atoms with E-state index in [9.17, 15) is 0 Å².